The number of nitrogens with zero attached hydrogens (tertiary/aromatic N) is 4. The number of fused-ring (bicyclic) bond motifs is 1. The van der Waals surface area contributed by atoms with Gasteiger partial charge in [0.15, 0.2) is 0 Å². The van der Waals surface area contributed by atoms with Gasteiger partial charge in [0, 0.05) is 41.9 Å². The molecule has 0 amide bonds. The molecule has 0 N–H and O–H groups in total. The predicted molar refractivity (Wildman–Crippen MR) is 77.1 cm³/mol. The Balaban J connectivity index is 1.62. The number of ether oxygens (including phenoxy) is 1. The van der Waals surface area contributed by atoms with E-state index in [2.05, 4.69) is 4.90 Å². The lowest BCUT2D eigenvalue weighted by Gasteiger charge is -2.62. The molecule has 7 heterocycles. The topological polar surface area (TPSA) is 61.4 Å². The van der Waals surface area contributed by atoms with Crippen LogP contribution < -0.4 is 11.4 Å². The third-order valence-electron chi connectivity index (χ3n) is 9.27. The van der Waals surface area contributed by atoms with Gasteiger partial charge in [-0.1, -0.05) is 0 Å². The van der Waals surface area contributed by atoms with Gasteiger partial charge < -0.3 is 4.74 Å². The summed E-state index contributed by atoms with van der Waals surface area (Å²) in [6.07, 6.45) is 2.54. The quantitative estimate of drug-likeness (QED) is 0.612. The Kier molecular flexibility index (Phi) is 1.31. The Bertz CT molecular complexity index is 886. The third kappa shape index (κ3) is 0.657. The second-order valence-electron chi connectivity index (χ2n) is 8.98. The van der Waals surface area contributed by atoms with Crippen LogP contribution in [-0.4, -0.2) is 50.2 Å². The van der Waals surface area contributed by atoms with Crippen LogP contribution in [0.2, 0.25) is 0 Å². The molecular weight excluding hydrogens is 296 g/mol. The fourth-order valence-corrected chi connectivity index (χ4v) is 9.20. The zero-order valence-electron chi connectivity index (χ0n) is 12.9. The first-order valence-electron chi connectivity index (χ1n) is 8.91. The Labute approximate surface area is 131 Å². The zero-order chi connectivity index (χ0) is 15.0. The lowest BCUT2D eigenvalue weighted by Crippen LogP contribution is -2.69. The van der Waals surface area contributed by atoms with E-state index >= 15 is 0 Å². The Hall–Kier alpha value is -1.34. The van der Waals surface area contributed by atoms with E-state index in [9.17, 15) is 9.59 Å². The van der Waals surface area contributed by atoms with E-state index in [-0.39, 0.29) is 34.3 Å². The number of piperidine rings is 2. The summed E-state index contributed by atoms with van der Waals surface area (Å²) in [4.78, 5) is 28.4. The van der Waals surface area contributed by atoms with Crippen LogP contribution in [0.1, 0.15) is 24.9 Å². The lowest BCUT2D eigenvalue weighted by atomic mass is 9.46. The van der Waals surface area contributed by atoms with Gasteiger partial charge >= 0.3 is 11.4 Å². The molecule has 6 fully saturated rings. The molecule has 7 nitrogen and oxygen atoms in total. The first-order chi connectivity index (χ1) is 11.2. The van der Waals surface area contributed by atoms with Gasteiger partial charge in [-0.2, -0.15) is 0 Å². The first kappa shape index (κ1) is 11.3. The summed E-state index contributed by atoms with van der Waals surface area (Å²) in [6.45, 7) is 1.59. The van der Waals surface area contributed by atoms with E-state index in [0.29, 0.717) is 30.0 Å². The molecule has 9 atom stereocenters. The van der Waals surface area contributed by atoms with Gasteiger partial charge in [0.1, 0.15) is 0 Å². The Morgan fingerprint density at radius 3 is 2.57 bits per heavy atom. The first-order valence-corrected chi connectivity index (χ1v) is 8.91. The summed E-state index contributed by atoms with van der Waals surface area (Å²) in [5, 5.41) is 0. The molecule has 9 unspecified atom stereocenters. The molecule has 8 aliphatic rings. The van der Waals surface area contributed by atoms with Gasteiger partial charge in [-0.05, 0) is 18.8 Å². The van der Waals surface area contributed by atoms with Crippen LogP contribution >= 0.6 is 0 Å². The highest BCUT2D eigenvalue weighted by Crippen LogP contribution is 2.88. The van der Waals surface area contributed by atoms with Crippen molar-refractivity contribution in [3.63, 3.8) is 0 Å². The maximum Gasteiger partial charge on any atom is 0.347 e. The van der Waals surface area contributed by atoms with Crippen molar-refractivity contribution in [3.05, 3.63) is 21.0 Å². The molecule has 9 rings (SSSR count). The van der Waals surface area contributed by atoms with Gasteiger partial charge in [-0.25, -0.2) is 23.5 Å². The second kappa shape index (κ2) is 2.67. The molecule has 0 aromatic carbocycles. The van der Waals surface area contributed by atoms with Crippen molar-refractivity contribution in [1.29, 1.82) is 0 Å². The minimum atomic E-state index is -0.119. The smallest absolute Gasteiger partial charge is 0.347 e. The predicted octanol–water partition coefficient (Wildman–Crippen LogP) is -1.06. The molecule has 6 aliphatic heterocycles. The third-order valence-corrected chi connectivity index (χ3v) is 9.27. The van der Waals surface area contributed by atoms with Crippen LogP contribution in [0.3, 0.4) is 0 Å². The normalized spacial score (nSPS) is 61.3. The van der Waals surface area contributed by atoms with Gasteiger partial charge in [-0.15, -0.1) is 0 Å². The summed E-state index contributed by atoms with van der Waals surface area (Å²) >= 11 is 0. The molecular formula is C16H18N4O3. The fourth-order valence-electron chi connectivity index (χ4n) is 9.20. The summed E-state index contributed by atoms with van der Waals surface area (Å²) in [7, 11) is 1.63. The van der Waals surface area contributed by atoms with Crippen molar-refractivity contribution in [2.75, 3.05) is 13.2 Å². The number of hydrogen-bond donors (Lipinski definition) is 0. The molecule has 2 saturated carbocycles. The minimum Gasteiger partial charge on any atom is -0.380 e. The molecule has 4 bridgehead atoms. The molecule has 2 aliphatic carbocycles. The Morgan fingerprint density at radius 2 is 1.74 bits per heavy atom. The van der Waals surface area contributed by atoms with Crippen molar-refractivity contribution in [1.82, 2.24) is 18.8 Å². The van der Waals surface area contributed by atoms with Gasteiger partial charge in [-0.3, -0.25) is 4.90 Å². The van der Waals surface area contributed by atoms with Gasteiger partial charge in [0.2, 0.25) is 0 Å². The summed E-state index contributed by atoms with van der Waals surface area (Å²) < 4.78 is 11.2. The van der Waals surface area contributed by atoms with E-state index < -0.39 is 0 Å². The van der Waals surface area contributed by atoms with Crippen LogP contribution in [0, 0.1) is 22.7 Å². The maximum absolute atomic E-state index is 12.8. The number of aromatic nitrogens is 3. The minimum absolute atomic E-state index is 0.0897. The highest BCUT2D eigenvalue weighted by molar-refractivity contribution is 5.44. The average molecular weight is 314 g/mol. The van der Waals surface area contributed by atoms with E-state index in [1.807, 2.05) is 9.36 Å². The van der Waals surface area contributed by atoms with Crippen molar-refractivity contribution in [2.45, 2.75) is 43.1 Å². The second-order valence-corrected chi connectivity index (χ2v) is 8.98. The fraction of sp³-hybridized carbons (Fsp3) is 0.875. The van der Waals surface area contributed by atoms with Crippen LogP contribution in [0.15, 0.2) is 9.59 Å². The standard InChI is InChI=1S/C16H18N4O3/c1-17-13(21)19-11-8-9-6-2-3-7-16(5-23-4-15(6,11)16)12(10(8)18(7)9)20(19)14(17)22/h6-12H,2-5H2,1H3. The van der Waals surface area contributed by atoms with E-state index in [4.69, 9.17) is 4.74 Å². The summed E-state index contributed by atoms with van der Waals surface area (Å²) in [6, 6.07) is 2.06. The van der Waals surface area contributed by atoms with Crippen molar-refractivity contribution in [2.24, 2.45) is 29.7 Å². The monoisotopic (exact) mass is 314 g/mol. The highest BCUT2D eigenvalue weighted by atomic mass is 16.5. The lowest BCUT2D eigenvalue weighted by molar-refractivity contribution is -0.143. The summed E-state index contributed by atoms with van der Waals surface area (Å²) in [5.41, 5.74) is -0.0183. The highest BCUT2D eigenvalue weighted by Gasteiger charge is 2.95. The van der Waals surface area contributed by atoms with Crippen molar-refractivity contribution in [3.8, 4) is 0 Å². The molecule has 1 aromatic heterocycles. The molecule has 2 spiro atoms. The molecule has 23 heavy (non-hydrogen) atoms. The van der Waals surface area contributed by atoms with Gasteiger partial charge in [0.05, 0.1) is 25.3 Å². The van der Waals surface area contributed by atoms with E-state index in [1.54, 1.807) is 7.05 Å². The molecule has 7 heteroatoms. The molecule has 0 radical (unpaired) electrons. The molecule has 1 aromatic rings. The van der Waals surface area contributed by atoms with Crippen LogP contribution in [-0.2, 0) is 11.8 Å². The maximum atomic E-state index is 12.8. The van der Waals surface area contributed by atoms with Crippen molar-refractivity contribution < 1.29 is 4.74 Å². The zero-order valence-corrected chi connectivity index (χ0v) is 12.9. The molecule has 4 saturated heterocycles. The van der Waals surface area contributed by atoms with Gasteiger partial charge in [0.25, 0.3) is 0 Å². The number of rotatable bonds is 0. The molecule has 120 valence electrons. The number of hydrogen-bond acceptors (Lipinski definition) is 4. The van der Waals surface area contributed by atoms with E-state index in [1.165, 1.54) is 17.4 Å². The largest absolute Gasteiger partial charge is 0.380 e. The average Bonchev–Trinajstić information content (AvgIpc) is 3.19. The van der Waals surface area contributed by atoms with Crippen LogP contribution in [0.5, 0.6) is 0 Å². The van der Waals surface area contributed by atoms with E-state index in [0.717, 1.165) is 13.2 Å². The van der Waals surface area contributed by atoms with Crippen molar-refractivity contribution >= 4 is 0 Å². The van der Waals surface area contributed by atoms with Crippen LogP contribution in [0.4, 0.5) is 0 Å². The summed E-state index contributed by atoms with van der Waals surface area (Å²) in [5.74, 6) is 1.24. The SMILES string of the molecule is Cn1c(=O)n2n(c1=O)C1C3C4C5C6CCC(N53)C13COCC63C42. The van der Waals surface area contributed by atoms with Crippen LogP contribution in [0.25, 0.3) is 0 Å². The Morgan fingerprint density at radius 1 is 1.00 bits per heavy atom.